The van der Waals surface area contributed by atoms with Crippen LogP contribution >= 0.6 is 0 Å². The first-order valence-electron chi connectivity index (χ1n) is 8.07. The zero-order chi connectivity index (χ0) is 16.9. The van der Waals surface area contributed by atoms with Gasteiger partial charge in [-0.05, 0) is 12.1 Å². The predicted octanol–water partition coefficient (Wildman–Crippen LogP) is 2.10. The molecule has 3 rings (SSSR count). The van der Waals surface area contributed by atoms with Crippen LogP contribution in [-0.4, -0.2) is 52.2 Å². The summed E-state index contributed by atoms with van der Waals surface area (Å²) in [5.41, 5.74) is 1.40. The molecule has 0 saturated carbocycles. The second-order valence-corrected chi connectivity index (χ2v) is 5.63. The summed E-state index contributed by atoms with van der Waals surface area (Å²) in [6.45, 7) is 4.52. The third-order valence-corrected chi connectivity index (χ3v) is 4.06. The molecule has 0 radical (unpaired) electrons. The number of hydrogen-bond donors (Lipinski definition) is 2. The molecular weight excluding hydrogens is 306 g/mol. The summed E-state index contributed by atoms with van der Waals surface area (Å²) >= 11 is 0. The number of carbonyl (C=O) groups excluding carboxylic acids is 1. The minimum absolute atomic E-state index is 0.153. The maximum Gasteiger partial charge on any atom is 0.322 e. The van der Waals surface area contributed by atoms with Crippen molar-refractivity contribution in [3.63, 3.8) is 0 Å². The summed E-state index contributed by atoms with van der Waals surface area (Å²) in [6, 6.07) is 7.11. The van der Waals surface area contributed by atoms with E-state index in [4.69, 9.17) is 0 Å². The average molecular weight is 327 g/mol. The SMILES string of the molecule is CCc1ncc(NC(=O)N2CCN(c3ccccc3O)CC2)cn1. The lowest BCUT2D eigenvalue weighted by molar-refractivity contribution is 0.208. The number of amides is 2. The highest BCUT2D eigenvalue weighted by Crippen LogP contribution is 2.27. The van der Waals surface area contributed by atoms with Crippen LogP contribution in [0.3, 0.4) is 0 Å². The number of carbonyl (C=O) groups is 1. The molecule has 24 heavy (non-hydrogen) atoms. The van der Waals surface area contributed by atoms with Crippen molar-refractivity contribution in [1.29, 1.82) is 0 Å². The molecule has 2 heterocycles. The summed E-state index contributed by atoms with van der Waals surface area (Å²) in [5, 5.41) is 12.7. The van der Waals surface area contributed by atoms with Crippen LogP contribution in [0.15, 0.2) is 36.7 Å². The van der Waals surface area contributed by atoms with Gasteiger partial charge in [0.05, 0.1) is 23.8 Å². The first-order chi connectivity index (χ1) is 11.7. The van der Waals surface area contributed by atoms with Gasteiger partial charge in [0.2, 0.25) is 0 Å². The van der Waals surface area contributed by atoms with Crippen LogP contribution in [0.2, 0.25) is 0 Å². The topological polar surface area (TPSA) is 81.6 Å². The highest BCUT2D eigenvalue weighted by Gasteiger charge is 2.22. The Balaban J connectivity index is 1.56. The Morgan fingerprint density at radius 1 is 1.17 bits per heavy atom. The van der Waals surface area contributed by atoms with E-state index in [2.05, 4.69) is 20.2 Å². The zero-order valence-electron chi connectivity index (χ0n) is 13.6. The Hall–Kier alpha value is -2.83. The first-order valence-corrected chi connectivity index (χ1v) is 8.07. The number of hydrogen-bond acceptors (Lipinski definition) is 5. The van der Waals surface area contributed by atoms with E-state index in [1.807, 2.05) is 19.1 Å². The summed E-state index contributed by atoms with van der Waals surface area (Å²) in [4.78, 5) is 24.5. The van der Waals surface area contributed by atoms with E-state index in [-0.39, 0.29) is 11.8 Å². The molecule has 0 bridgehead atoms. The molecule has 7 nitrogen and oxygen atoms in total. The largest absolute Gasteiger partial charge is 0.506 e. The number of phenolic OH excluding ortho intramolecular Hbond substituents is 1. The number of nitrogens with one attached hydrogen (secondary N) is 1. The molecule has 1 saturated heterocycles. The molecular formula is C17H21N5O2. The monoisotopic (exact) mass is 327 g/mol. The minimum atomic E-state index is -0.153. The molecule has 2 amide bonds. The lowest BCUT2D eigenvalue weighted by Crippen LogP contribution is -2.50. The van der Waals surface area contributed by atoms with Crippen LogP contribution in [0.5, 0.6) is 5.75 Å². The standard InChI is InChI=1S/C17H21N5O2/c1-2-16-18-11-13(12-19-16)20-17(24)22-9-7-21(8-10-22)14-5-3-4-6-15(14)23/h3-6,11-12,23H,2,7-10H2,1H3,(H,20,24). The molecule has 0 atom stereocenters. The number of phenols is 1. The number of benzene rings is 1. The number of aromatic nitrogens is 2. The normalized spacial score (nSPS) is 14.5. The van der Waals surface area contributed by atoms with Gasteiger partial charge in [-0.25, -0.2) is 14.8 Å². The van der Waals surface area contributed by atoms with E-state index in [0.717, 1.165) is 17.9 Å². The van der Waals surface area contributed by atoms with Crippen LogP contribution in [0.1, 0.15) is 12.7 Å². The number of piperazine rings is 1. The van der Waals surface area contributed by atoms with Crippen molar-refractivity contribution in [3.8, 4) is 5.75 Å². The number of urea groups is 1. The maximum absolute atomic E-state index is 12.3. The molecule has 126 valence electrons. The van der Waals surface area contributed by atoms with Gasteiger partial charge in [0, 0.05) is 32.6 Å². The van der Waals surface area contributed by atoms with E-state index in [0.29, 0.717) is 31.9 Å². The smallest absolute Gasteiger partial charge is 0.322 e. The molecule has 2 N–H and O–H groups in total. The molecule has 2 aromatic rings. The molecule has 1 aliphatic heterocycles. The van der Waals surface area contributed by atoms with Crippen molar-refractivity contribution in [2.24, 2.45) is 0 Å². The Bertz CT molecular complexity index is 696. The van der Waals surface area contributed by atoms with Gasteiger partial charge in [-0.15, -0.1) is 0 Å². The van der Waals surface area contributed by atoms with Crippen molar-refractivity contribution in [2.75, 3.05) is 36.4 Å². The summed E-state index contributed by atoms with van der Waals surface area (Å²) in [5.74, 6) is 1.02. The summed E-state index contributed by atoms with van der Waals surface area (Å²) in [6.07, 6.45) is 4.02. The van der Waals surface area contributed by atoms with Gasteiger partial charge >= 0.3 is 6.03 Å². The zero-order valence-corrected chi connectivity index (χ0v) is 13.6. The molecule has 1 aromatic carbocycles. The molecule has 1 aromatic heterocycles. The lowest BCUT2D eigenvalue weighted by atomic mass is 10.2. The van der Waals surface area contributed by atoms with Crippen molar-refractivity contribution >= 4 is 17.4 Å². The average Bonchev–Trinajstić information content (AvgIpc) is 2.63. The van der Waals surface area contributed by atoms with Gasteiger partial charge in [-0.3, -0.25) is 0 Å². The number of aromatic hydroxyl groups is 1. The predicted molar refractivity (Wildman–Crippen MR) is 92.3 cm³/mol. The fraction of sp³-hybridized carbons (Fsp3) is 0.353. The fourth-order valence-corrected chi connectivity index (χ4v) is 2.69. The molecule has 1 aliphatic rings. The Morgan fingerprint density at radius 2 is 1.83 bits per heavy atom. The quantitative estimate of drug-likeness (QED) is 0.902. The summed E-state index contributed by atoms with van der Waals surface area (Å²) in [7, 11) is 0. The maximum atomic E-state index is 12.3. The van der Waals surface area contributed by atoms with E-state index < -0.39 is 0 Å². The van der Waals surface area contributed by atoms with Crippen molar-refractivity contribution < 1.29 is 9.90 Å². The highest BCUT2D eigenvalue weighted by atomic mass is 16.3. The second-order valence-electron chi connectivity index (χ2n) is 5.63. The van der Waals surface area contributed by atoms with Gasteiger partial charge in [0.15, 0.2) is 0 Å². The van der Waals surface area contributed by atoms with E-state index >= 15 is 0 Å². The van der Waals surface area contributed by atoms with Gasteiger partial charge in [-0.1, -0.05) is 19.1 Å². The number of nitrogens with zero attached hydrogens (tertiary/aromatic N) is 4. The third-order valence-electron chi connectivity index (χ3n) is 4.06. The molecule has 0 spiro atoms. The number of anilines is 2. The summed E-state index contributed by atoms with van der Waals surface area (Å²) < 4.78 is 0. The van der Waals surface area contributed by atoms with Crippen LogP contribution in [0.25, 0.3) is 0 Å². The first kappa shape index (κ1) is 16.0. The van der Waals surface area contributed by atoms with Gasteiger partial charge in [0.1, 0.15) is 11.6 Å². The highest BCUT2D eigenvalue weighted by molar-refractivity contribution is 5.89. The second kappa shape index (κ2) is 7.16. The fourth-order valence-electron chi connectivity index (χ4n) is 2.69. The molecule has 0 unspecified atom stereocenters. The third kappa shape index (κ3) is 3.56. The van der Waals surface area contributed by atoms with Gasteiger partial charge in [-0.2, -0.15) is 0 Å². The molecule has 0 aliphatic carbocycles. The molecule has 7 heteroatoms. The Kier molecular flexibility index (Phi) is 4.79. The Labute approximate surface area is 141 Å². The van der Waals surface area contributed by atoms with Crippen LogP contribution < -0.4 is 10.2 Å². The van der Waals surface area contributed by atoms with E-state index in [1.54, 1.807) is 29.4 Å². The Morgan fingerprint density at radius 3 is 2.46 bits per heavy atom. The van der Waals surface area contributed by atoms with Gasteiger partial charge < -0.3 is 20.2 Å². The lowest BCUT2D eigenvalue weighted by Gasteiger charge is -2.36. The van der Waals surface area contributed by atoms with Crippen LogP contribution in [0.4, 0.5) is 16.2 Å². The van der Waals surface area contributed by atoms with Crippen LogP contribution in [0, 0.1) is 0 Å². The van der Waals surface area contributed by atoms with Crippen molar-refractivity contribution in [1.82, 2.24) is 14.9 Å². The van der Waals surface area contributed by atoms with Crippen molar-refractivity contribution in [2.45, 2.75) is 13.3 Å². The van der Waals surface area contributed by atoms with Gasteiger partial charge in [0.25, 0.3) is 0 Å². The van der Waals surface area contributed by atoms with E-state index in [9.17, 15) is 9.90 Å². The minimum Gasteiger partial charge on any atom is -0.506 e. The van der Waals surface area contributed by atoms with E-state index in [1.165, 1.54) is 0 Å². The number of rotatable bonds is 3. The molecule has 1 fully saturated rings. The van der Waals surface area contributed by atoms with Crippen LogP contribution in [-0.2, 0) is 6.42 Å². The number of para-hydroxylation sites is 2. The number of aryl methyl sites for hydroxylation is 1. The van der Waals surface area contributed by atoms with Crippen molar-refractivity contribution in [3.05, 3.63) is 42.5 Å².